The highest BCUT2D eigenvalue weighted by molar-refractivity contribution is 9.11. The molecule has 2 heterocycles. The number of phenolic OH excluding ortho intramolecular Hbond substituents is 1. The molecule has 10 heteroatoms. The molecule has 4 aromatic rings. The molecule has 0 fully saturated rings. The molecule has 0 radical (unpaired) electrons. The van der Waals surface area contributed by atoms with Crippen LogP contribution in [0.25, 0.3) is 22.6 Å². The number of aromatic hydroxyl groups is 1. The van der Waals surface area contributed by atoms with Crippen LogP contribution in [-0.4, -0.2) is 19.7 Å². The van der Waals surface area contributed by atoms with E-state index in [0.29, 0.717) is 25.9 Å². The summed E-state index contributed by atoms with van der Waals surface area (Å²) in [6.07, 6.45) is 0. The Bertz CT molecular complexity index is 1290. The molecule has 0 saturated carbocycles. The number of hydrogen-bond donors (Lipinski definition) is 2. The first-order valence-electron chi connectivity index (χ1n) is 8.51. The predicted molar refractivity (Wildman–Crippen MR) is 114 cm³/mol. The van der Waals surface area contributed by atoms with E-state index in [0.717, 1.165) is 0 Å². The van der Waals surface area contributed by atoms with Crippen molar-refractivity contribution in [2.75, 3.05) is 5.73 Å². The number of nitrogens with two attached hydrogens (primary N) is 1. The van der Waals surface area contributed by atoms with E-state index in [1.165, 1.54) is 9.36 Å². The van der Waals surface area contributed by atoms with E-state index in [1.54, 1.807) is 30.8 Å². The van der Waals surface area contributed by atoms with E-state index >= 15 is 0 Å². The highest BCUT2D eigenvalue weighted by Gasteiger charge is 2.36. The summed E-state index contributed by atoms with van der Waals surface area (Å²) >= 11 is 6.71. The SMILES string of the molecule is Cc1c(-[n+]2noc(N)c2-c2cc(Br)cc(Br)c2O)c(=O)n(-c2ccccc2)n1C. The number of halogens is 2. The smallest absolute Gasteiger partial charge is 0.346 e. The van der Waals surface area contributed by atoms with Gasteiger partial charge in [0.2, 0.25) is 5.27 Å². The van der Waals surface area contributed by atoms with Gasteiger partial charge in [-0.15, -0.1) is 0 Å². The van der Waals surface area contributed by atoms with Crippen molar-refractivity contribution in [1.29, 1.82) is 0 Å². The Morgan fingerprint density at radius 1 is 1.21 bits per heavy atom. The van der Waals surface area contributed by atoms with Gasteiger partial charge in [0, 0.05) is 16.2 Å². The minimum Gasteiger partial charge on any atom is -0.506 e. The van der Waals surface area contributed by atoms with Gasteiger partial charge in [-0.2, -0.15) is 0 Å². The average Bonchev–Trinajstić information content (AvgIpc) is 3.16. The van der Waals surface area contributed by atoms with Gasteiger partial charge in [0.05, 0.1) is 15.7 Å². The monoisotopic (exact) mass is 520 g/mol. The average molecular weight is 522 g/mol. The summed E-state index contributed by atoms with van der Waals surface area (Å²) in [5, 5.41) is 14.6. The Hall–Kier alpha value is -2.85. The largest absolute Gasteiger partial charge is 0.506 e. The fraction of sp³-hybridized carbons (Fsp3) is 0.105. The molecule has 0 aliphatic rings. The maximum absolute atomic E-state index is 13.3. The van der Waals surface area contributed by atoms with Crippen LogP contribution in [0, 0.1) is 6.92 Å². The lowest BCUT2D eigenvalue weighted by atomic mass is 10.1. The lowest BCUT2D eigenvalue weighted by Crippen LogP contribution is -2.41. The van der Waals surface area contributed by atoms with Gasteiger partial charge in [-0.25, -0.2) is 4.68 Å². The van der Waals surface area contributed by atoms with Crippen LogP contribution >= 0.6 is 31.9 Å². The van der Waals surface area contributed by atoms with E-state index < -0.39 is 0 Å². The van der Waals surface area contributed by atoms with Crippen molar-refractivity contribution >= 4 is 37.7 Å². The number of anilines is 1. The Balaban J connectivity index is 2.02. The van der Waals surface area contributed by atoms with Crippen LogP contribution in [0.1, 0.15) is 5.69 Å². The number of hydrogen-bond acceptors (Lipinski definition) is 5. The third-order valence-electron chi connectivity index (χ3n) is 4.68. The molecule has 0 unspecified atom stereocenters. The zero-order chi connectivity index (χ0) is 20.9. The van der Waals surface area contributed by atoms with Crippen LogP contribution in [0.15, 0.2) is 60.7 Å². The third-order valence-corrected chi connectivity index (χ3v) is 5.75. The Morgan fingerprint density at radius 2 is 1.90 bits per heavy atom. The summed E-state index contributed by atoms with van der Waals surface area (Å²) in [4.78, 5) is 13.3. The number of nitrogen functional groups attached to an aromatic ring is 1. The number of aromatic nitrogens is 4. The van der Waals surface area contributed by atoms with Gasteiger partial charge in [0.1, 0.15) is 11.4 Å². The van der Waals surface area contributed by atoms with Gasteiger partial charge >= 0.3 is 22.8 Å². The van der Waals surface area contributed by atoms with Crippen molar-refractivity contribution in [3.05, 3.63) is 67.5 Å². The molecule has 148 valence electrons. The molecule has 2 aromatic heterocycles. The molecule has 0 aliphatic carbocycles. The first-order valence-corrected chi connectivity index (χ1v) is 10.1. The molecule has 0 amide bonds. The van der Waals surface area contributed by atoms with Gasteiger partial charge in [-0.3, -0.25) is 14.0 Å². The summed E-state index contributed by atoms with van der Waals surface area (Å²) in [6.45, 7) is 1.80. The van der Waals surface area contributed by atoms with Crippen molar-refractivity contribution in [1.82, 2.24) is 14.6 Å². The summed E-state index contributed by atoms with van der Waals surface area (Å²) in [5.41, 5.74) is 7.98. The maximum atomic E-state index is 13.3. The Kier molecular flexibility index (Phi) is 4.83. The molecular formula is C19H16Br2N5O3+. The topological polar surface area (TPSA) is 103 Å². The minimum absolute atomic E-state index is 0.0285. The van der Waals surface area contributed by atoms with Crippen LogP contribution in [-0.2, 0) is 7.05 Å². The minimum atomic E-state index is -0.302. The van der Waals surface area contributed by atoms with Crippen molar-refractivity contribution in [2.24, 2.45) is 7.05 Å². The van der Waals surface area contributed by atoms with E-state index in [2.05, 4.69) is 37.1 Å². The van der Waals surface area contributed by atoms with Crippen LogP contribution in [0.3, 0.4) is 0 Å². The van der Waals surface area contributed by atoms with Crippen molar-refractivity contribution in [2.45, 2.75) is 6.92 Å². The molecule has 0 bridgehead atoms. The van der Waals surface area contributed by atoms with Crippen molar-refractivity contribution in [3.8, 4) is 28.4 Å². The first-order chi connectivity index (χ1) is 13.8. The Labute approximate surface area is 182 Å². The standard InChI is InChI=1S/C19H15Br2N5O3/c1-10-15(19(28)26(24(10)2)12-6-4-3-5-7-12)25-16(18(22)29-23-25)13-8-11(20)9-14(21)17(13)27/h3-9,22-23H,1-2H3/p+1. The summed E-state index contributed by atoms with van der Waals surface area (Å²) in [5.74, 6) is -0.0759. The lowest BCUT2D eigenvalue weighted by Gasteiger charge is -2.06. The summed E-state index contributed by atoms with van der Waals surface area (Å²) in [6, 6.07) is 12.6. The molecule has 3 N–H and O–H groups in total. The van der Waals surface area contributed by atoms with Crippen LogP contribution in [0.4, 0.5) is 5.88 Å². The fourth-order valence-corrected chi connectivity index (χ4v) is 4.44. The third kappa shape index (κ3) is 3.08. The fourth-order valence-electron chi connectivity index (χ4n) is 3.22. The van der Waals surface area contributed by atoms with Crippen LogP contribution < -0.4 is 16.0 Å². The predicted octanol–water partition coefficient (Wildman–Crippen LogP) is 3.23. The summed E-state index contributed by atoms with van der Waals surface area (Å²) < 4.78 is 10.9. The van der Waals surface area contributed by atoms with Crippen LogP contribution in [0.2, 0.25) is 0 Å². The van der Waals surface area contributed by atoms with E-state index in [-0.39, 0.29) is 28.6 Å². The second kappa shape index (κ2) is 7.20. The molecule has 8 nitrogen and oxygen atoms in total. The first kappa shape index (κ1) is 19.5. The van der Waals surface area contributed by atoms with Crippen LogP contribution in [0.5, 0.6) is 5.75 Å². The molecule has 2 aromatic carbocycles. The van der Waals surface area contributed by atoms with Gasteiger partial charge in [0.25, 0.3) is 0 Å². The molecule has 0 aliphatic heterocycles. The highest BCUT2D eigenvalue weighted by atomic mass is 79.9. The Morgan fingerprint density at radius 3 is 2.59 bits per heavy atom. The van der Waals surface area contributed by atoms with Gasteiger partial charge in [0.15, 0.2) is 0 Å². The maximum Gasteiger partial charge on any atom is 0.346 e. The molecule has 4 rings (SSSR count). The number of nitrogens with zero attached hydrogens (tertiary/aromatic N) is 4. The second-order valence-electron chi connectivity index (χ2n) is 6.39. The second-order valence-corrected chi connectivity index (χ2v) is 8.16. The highest BCUT2D eigenvalue weighted by Crippen LogP contribution is 2.39. The molecule has 0 atom stereocenters. The lowest BCUT2D eigenvalue weighted by molar-refractivity contribution is -0.661. The normalized spacial score (nSPS) is 11.2. The van der Waals surface area contributed by atoms with Crippen molar-refractivity contribution < 1.29 is 14.3 Å². The molecular weight excluding hydrogens is 506 g/mol. The number of phenols is 1. The van der Waals surface area contributed by atoms with Crippen molar-refractivity contribution in [3.63, 3.8) is 0 Å². The summed E-state index contributed by atoms with van der Waals surface area (Å²) in [7, 11) is 1.78. The molecule has 29 heavy (non-hydrogen) atoms. The zero-order valence-electron chi connectivity index (χ0n) is 15.4. The van der Waals surface area contributed by atoms with E-state index in [9.17, 15) is 9.90 Å². The van der Waals surface area contributed by atoms with E-state index in [1.807, 2.05) is 30.3 Å². The van der Waals surface area contributed by atoms with Gasteiger partial charge < -0.3 is 10.8 Å². The van der Waals surface area contributed by atoms with Gasteiger partial charge in [-0.05, 0) is 47.1 Å². The zero-order valence-corrected chi connectivity index (χ0v) is 18.6. The number of benzene rings is 2. The quantitative estimate of drug-likeness (QED) is 0.403. The molecule has 0 saturated heterocycles. The number of para-hydroxylation sites is 1. The van der Waals surface area contributed by atoms with Gasteiger partial charge in [-0.1, -0.05) is 34.1 Å². The molecule has 0 spiro atoms. The van der Waals surface area contributed by atoms with E-state index in [4.69, 9.17) is 10.3 Å². The number of rotatable bonds is 3.